The van der Waals surface area contributed by atoms with Gasteiger partial charge >= 0.3 is 0 Å². The van der Waals surface area contributed by atoms with Crippen molar-refractivity contribution in [1.82, 2.24) is 20.7 Å². The first-order chi connectivity index (χ1) is 17.9. The summed E-state index contributed by atoms with van der Waals surface area (Å²) in [6.45, 7) is 2.89. The second kappa shape index (κ2) is 11.3. The molecular weight excluding hydrogens is 548 g/mol. The Hall–Kier alpha value is -2.58. The molecule has 0 atom stereocenters. The molecule has 4 N–H and O–H groups in total. The largest absolute Gasteiger partial charge is 0.353 e. The second-order valence-corrected chi connectivity index (χ2v) is 14.6. The van der Waals surface area contributed by atoms with Gasteiger partial charge in [-0.25, -0.2) is 21.6 Å². The fourth-order valence-corrected chi connectivity index (χ4v) is 8.07. The number of rotatable bonds is 9. The highest BCUT2D eigenvalue weighted by atomic mass is 32.2. The summed E-state index contributed by atoms with van der Waals surface area (Å²) in [5.41, 5.74) is 0.978. The molecule has 2 amide bonds. The zero-order chi connectivity index (χ0) is 27.6. The Labute approximate surface area is 227 Å². The molecule has 206 valence electrons. The third kappa shape index (κ3) is 6.18. The molecule has 2 aliphatic rings. The summed E-state index contributed by atoms with van der Waals surface area (Å²) in [4.78, 5) is 27.2. The van der Waals surface area contributed by atoms with Crippen LogP contribution in [0.1, 0.15) is 45.6 Å². The lowest BCUT2D eigenvalue weighted by atomic mass is 9.86. The van der Waals surface area contributed by atoms with E-state index in [4.69, 9.17) is 0 Å². The number of sulfonamides is 1. The normalized spacial score (nSPS) is 17.0. The number of piperidine rings is 1. The van der Waals surface area contributed by atoms with Crippen LogP contribution < -0.4 is 20.7 Å². The van der Waals surface area contributed by atoms with Crippen LogP contribution in [0.15, 0.2) is 39.4 Å². The molecule has 1 saturated heterocycles. The minimum Gasteiger partial charge on any atom is -0.353 e. The number of nitrogens with one attached hydrogen (secondary N) is 4. The van der Waals surface area contributed by atoms with Crippen molar-refractivity contribution < 1.29 is 26.4 Å². The van der Waals surface area contributed by atoms with Gasteiger partial charge in [0.15, 0.2) is 9.84 Å². The number of fused-ring (bicyclic) bond motifs is 1. The molecule has 1 aliphatic carbocycles. The first-order valence-electron chi connectivity index (χ1n) is 12.3. The van der Waals surface area contributed by atoms with E-state index in [2.05, 4.69) is 20.7 Å². The van der Waals surface area contributed by atoms with E-state index < -0.39 is 37.2 Å². The summed E-state index contributed by atoms with van der Waals surface area (Å²) in [6.07, 6.45) is 6.67. The van der Waals surface area contributed by atoms with Crippen molar-refractivity contribution in [3.8, 4) is 0 Å². The Kier molecular flexibility index (Phi) is 8.43. The van der Waals surface area contributed by atoms with Crippen LogP contribution in [-0.2, 0) is 31.1 Å². The Bertz CT molecular complexity index is 1450. The summed E-state index contributed by atoms with van der Waals surface area (Å²) in [5.74, 6) is -0.885. The van der Waals surface area contributed by atoms with E-state index in [9.17, 15) is 26.4 Å². The van der Waals surface area contributed by atoms with Gasteiger partial charge in [-0.3, -0.25) is 9.59 Å². The van der Waals surface area contributed by atoms with Crippen molar-refractivity contribution in [2.75, 3.05) is 32.4 Å². The number of hydrogen-bond acceptors (Lipinski definition) is 8. The Morgan fingerprint density at radius 1 is 1.05 bits per heavy atom. The van der Waals surface area contributed by atoms with Gasteiger partial charge in [-0.1, -0.05) is 29.8 Å². The maximum Gasteiger partial charge on any atom is 0.262 e. The molecule has 0 radical (unpaired) electrons. The van der Waals surface area contributed by atoms with E-state index in [1.54, 1.807) is 18.2 Å². The minimum atomic E-state index is -3.72. The zero-order valence-electron chi connectivity index (χ0n) is 21.3. The van der Waals surface area contributed by atoms with Crippen LogP contribution in [0.25, 0.3) is 6.08 Å². The fourth-order valence-electron chi connectivity index (χ4n) is 4.63. The van der Waals surface area contributed by atoms with Crippen molar-refractivity contribution in [2.45, 2.75) is 47.3 Å². The zero-order valence-corrected chi connectivity index (χ0v) is 23.7. The monoisotopic (exact) mass is 580 g/mol. The van der Waals surface area contributed by atoms with E-state index in [0.717, 1.165) is 23.2 Å². The molecule has 4 rings (SSSR count). The van der Waals surface area contributed by atoms with Crippen molar-refractivity contribution in [1.29, 1.82) is 0 Å². The van der Waals surface area contributed by atoms with Gasteiger partial charge in [0, 0.05) is 24.9 Å². The molecule has 38 heavy (non-hydrogen) atoms. The van der Waals surface area contributed by atoms with Crippen LogP contribution in [0.4, 0.5) is 0 Å². The quantitative estimate of drug-likeness (QED) is 0.327. The van der Waals surface area contributed by atoms with Crippen LogP contribution in [0.3, 0.4) is 0 Å². The standard InChI is InChI=1S/C25H32N4O6S3/c1-17-7-9-18(10-8-17)38(34,35)28-16-15-27-24(31)25(11-13-26-14-12-25)29-22(30)21-19-5-3-4-6-20(19)23(36-21)37(2,32)33/h4,6-10,26,28H,3,5,11-16H2,1-2H3,(H,27,31)(H,29,30). The van der Waals surface area contributed by atoms with E-state index in [0.29, 0.717) is 54.8 Å². The third-order valence-corrected chi connectivity index (χ3v) is 11.3. The molecule has 2 aromatic rings. The minimum absolute atomic E-state index is 0.0211. The molecule has 0 unspecified atom stereocenters. The Morgan fingerprint density at radius 2 is 1.74 bits per heavy atom. The predicted molar refractivity (Wildman–Crippen MR) is 146 cm³/mol. The number of allylic oxidation sites excluding steroid dienone is 1. The molecule has 1 aromatic heterocycles. The SMILES string of the molecule is Cc1ccc(S(=O)(=O)NCCNC(=O)C2(NC(=O)c3sc(S(C)(=O)=O)c4c3CCC=C4)CCNCC2)cc1. The van der Waals surface area contributed by atoms with Crippen molar-refractivity contribution in [2.24, 2.45) is 0 Å². The Balaban J connectivity index is 1.46. The average molecular weight is 581 g/mol. The maximum absolute atomic E-state index is 13.5. The topological polar surface area (TPSA) is 151 Å². The molecule has 0 spiro atoms. The lowest BCUT2D eigenvalue weighted by molar-refractivity contribution is -0.128. The number of hydrogen-bond donors (Lipinski definition) is 4. The number of sulfone groups is 1. The van der Waals surface area contributed by atoms with Crippen LogP contribution >= 0.6 is 11.3 Å². The molecule has 0 bridgehead atoms. The lowest BCUT2D eigenvalue weighted by Gasteiger charge is -2.37. The number of thiophene rings is 1. The molecule has 1 fully saturated rings. The van der Waals surface area contributed by atoms with Crippen molar-refractivity contribution in [3.63, 3.8) is 0 Å². The predicted octanol–water partition coefficient (Wildman–Crippen LogP) is 1.37. The Morgan fingerprint density at radius 3 is 2.39 bits per heavy atom. The third-order valence-electron chi connectivity index (χ3n) is 6.68. The van der Waals surface area contributed by atoms with Gasteiger partial charge in [-0.05, 0) is 63.4 Å². The average Bonchev–Trinajstić information content (AvgIpc) is 3.28. The van der Waals surface area contributed by atoms with E-state index >= 15 is 0 Å². The van der Waals surface area contributed by atoms with Crippen LogP contribution in [-0.4, -0.2) is 66.6 Å². The smallest absolute Gasteiger partial charge is 0.262 e. The molecule has 2 heterocycles. The first-order valence-corrected chi connectivity index (χ1v) is 16.5. The highest BCUT2D eigenvalue weighted by Gasteiger charge is 2.42. The highest BCUT2D eigenvalue weighted by molar-refractivity contribution is 7.92. The van der Waals surface area contributed by atoms with E-state index in [-0.39, 0.29) is 22.2 Å². The summed E-state index contributed by atoms with van der Waals surface area (Å²) >= 11 is 0.937. The molecule has 10 nitrogen and oxygen atoms in total. The second-order valence-electron chi connectivity index (χ2n) is 9.58. The highest BCUT2D eigenvalue weighted by Crippen LogP contribution is 2.37. The van der Waals surface area contributed by atoms with E-state index in [1.165, 1.54) is 12.1 Å². The fraction of sp³-hybridized carbons (Fsp3) is 0.440. The molecule has 0 saturated carbocycles. The summed E-state index contributed by atoms with van der Waals surface area (Å²) in [7, 11) is -7.25. The van der Waals surface area contributed by atoms with Gasteiger partial charge in [-0.15, -0.1) is 11.3 Å². The number of amides is 2. The number of aryl methyl sites for hydroxylation is 1. The lowest BCUT2D eigenvalue weighted by Crippen LogP contribution is -2.63. The molecule has 1 aliphatic heterocycles. The van der Waals surface area contributed by atoms with Gasteiger partial charge in [0.25, 0.3) is 5.91 Å². The van der Waals surface area contributed by atoms with Crippen LogP contribution in [0.5, 0.6) is 0 Å². The number of carbonyl (C=O) groups is 2. The first kappa shape index (κ1) is 28.4. The summed E-state index contributed by atoms with van der Waals surface area (Å²) in [6, 6.07) is 6.45. The maximum atomic E-state index is 13.5. The van der Waals surface area contributed by atoms with Gasteiger partial charge in [-0.2, -0.15) is 0 Å². The summed E-state index contributed by atoms with van der Waals surface area (Å²) < 4.78 is 52.3. The van der Waals surface area contributed by atoms with Gasteiger partial charge in [0.05, 0.1) is 9.77 Å². The van der Waals surface area contributed by atoms with Crippen molar-refractivity contribution in [3.05, 3.63) is 51.9 Å². The van der Waals surface area contributed by atoms with Crippen molar-refractivity contribution >= 4 is 49.1 Å². The molecule has 13 heteroatoms. The van der Waals surface area contributed by atoms with Crippen LogP contribution in [0, 0.1) is 6.92 Å². The molecule has 1 aromatic carbocycles. The van der Waals surface area contributed by atoms with Gasteiger partial charge in [0.2, 0.25) is 15.9 Å². The summed E-state index contributed by atoms with van der Waals surface area (Å²) in [5, 5.41) is 8.86. The number of carbonyl (C=O) groups excluding carboxylic acids is 2. The van der Waals surface area contributed by atoms with E-state index in [1.807, 2.05) is 13.0 Å². The molecular formula is C25H32N4O6S3. The van der Waals surface area contributed by atoms with Crippen LogP contribution in [0.2, 0.25) is 0 Å². The van der Waals surface area contributed by atoms with Gasteiger partial charge in [0.1, 0.15) is 9.75 Å². The number of benzene rings is 1. The van der Waals surface area contributed by atoms with Gasteiger partial charge < -0.3 is 16.0 Å².